The average molecular weight is 247 g/mol. The average Bonchev–Trinajstić information content (AvgIpc) is 2.28. The molecule has 0 spiro atoms. The van der Waals surface area contributed by atoms with Crippen molar-refractivity contribution in [3.63, 3.8) is 0 Å². The van der Waals surface area contributed by atoms with Gasteiger partial charge in [0.05, 0.1) is 13.2 Å². The van der Waals surface area contributed by atoms with Crippen molar-refractivity contribution in [1.29, 1.82) is 0 Å². The third-order valence-electron chi connectivity index (χ3n) is 4.31. The van der Waals surface area contributed by atoms with Crippen LogP contribution in [-0.2, 0) is 10.2 Å². The Morgan fingerprint density at radius 1 is 1.17 bits per heavy atom. The molecule has 1 heterocycles. The summed E-state index contributed by atoms with van der Waals surface area (Å²) in [4.78, 5) is 0. The zero-order valence-corrected chi connectivity index (χ0v) is 12.0. The third kappa shape index (κ3) is 2.32. The van der Waals surface area contributed by atoms with Crippen molar-refractivity contribution < 1.29 is 4.74 Å². The summed E-state index contributed by atoms with van der Waals surface area (Å²) in [6.45, 7) is 11.3. The van der Waals surface area contributed by atoms with Crippen LogP contribution in [0.1, 0.15) is 35.6 Å². The Balaban J connectivity index is 2.35. The van der Waals surface area contributed by atoms with Crippen molar-refractivity contribution in [3.8, 4) is 0 Å². The van der Waals surface area contributed by atoms with Gasteiger partial charge in [-0.1, -0.05) is 19.1 Å². The summed E-state index contributed by atoms with van der Waals surface area (Å²) >= 11 is 0. The second kappa shape index (κ2) is 5.02. The molecular weight excluding hydrogens is 222 g/mol. The third-order valence-corrected chi connectivity index (χ3v) is 4.31. The molecule has 0 radical (unpaired) electrons. The molecule has 2 N–H and O–H groups in total. The highest BCUT2D eigenvalue weighted by molar-refractivity contribution is 5.42. The number of hydrogen-bond acceptors (Lipinski definition) is 2. The lowest BCUT2D eigenvalue weighted by atomic mass is 9.70. The Labute approximate surface area is 111 Å². The minimum absolute atomic E-state index is 0.210. The number of nitrogens with two attached hydrogens (primary N) is 1. The summed E-state index contributed by atoms with van der Waals surface area (Å²) < 4.78 is 5.52. The molecule has 2 nitrogen and oxygen atoms in total. The lowest BCUT2D eigenvalue weighted by molar-refractivity contribution is -0.0705. The Hall–Kier alpha value is -0.860. The second-order valence-electron chi connectivity index (χ2n) is 6.07. The lowest BCUT2D eigenvalue weighted by Crippen LogP contribution is -2.49. The molecule has 1 atom stereocenters. The largest absolute Gasteiger partial charge is 0.379 e. The van der Waals surface area contributed by atoms with Crippen molar-refractivity contribution in [2.75, 3.05) is 19.8 Å². The highest BCUT2D eigenvalue weighted by Gasteiger charge is 2.42. The van der Waals surface area contributed by atoms with Gasteiger partial charge in [-0.3, -0.25) is 0 Å². The molecule has 0 aromatic heterocycles. The fourth-order valence-corrected chi connectivity index (χ4v) is 3.01. The van der Waals surface area contributed by atoms with Gasteiger partial charge in [-0.15, -0.1) is 0 Å². The van der Waals surface area contributed by atoms with Crippen LogP contribution in [0.4, 0.5) is 0 Å². The van der Waals surface area contributed by atoms with Gasteiger partial charge in [0, 0.05) is 5.41 Å². The molecule has 1 aliphatic heterocycles. The fraction of sp³-hybridized carbons (Fsp3) is 0.625. The highest BCUT2D eigenvalue weighted by Crippen LogP contribution is 2.40. The van der Waals surface area contributed by atoms with Crippen LogP contribution in [0.5, 0.6) is 0 Å². The number of aryl methyl sites for hydroxylation is 3. The number of hydrogen-bond donors (Lipinski definition) is 1. The van der Waals surface area contributed by atoms with Crippen LogP contribution in [0.15, 0.2) is 12.1 Å². The molecule has 2 rings (SSSR count). The van der Waals surface area contributed by atoms with E-state index in [1.54, 1.807) is 0 Å². The standard InChI is InChI=1S/C16H25NO/c1-11(8-17)7-16(9-18-10-16)15-6-13(3)12(2)5-14(15)4/h5-6,11H,7-10,17H2,1-4H3. The maximum atomic E-state index is 5.79. The number of ether oxygens (including phenoxy) is 1. The predicted octanol–water partition coefficient (Wildman–Crippen LogP) is 2.86. The van der Waals surface area contributed by atoms with Crippen molar-refractivity contribution in [1.82, 2.24) is 0 Å². The van der Waals surface area contributed by atoms with Crippen molar-refractivity contribution in [2.24, 2.45) is 11.7 Å². The number of rotatable bonds is 4. The maximum absolute atomic E-state index is 5.79. The smallest absolute Gasteiger partial charge is 0.0585 e. The fourth-order valence-electron chi connectivity index (χ4n) is 3.01. The molecule has 0 saturated carbocycles. The van der Waals surface area contributed by atoms with Gasteiger partial charge >= 0.3 is 0 Å². The summed E-state index contributed by atoms with van der Waals surface area (Å²) in [5.41, 5.74) is 11.6. The van der Waals surface area contributed by atoms with E-state index in [9.17, 15) is 0 Å². The van der Waals surface area contributed by atoms with E-state index in [0.717, 1.165) is 26.2 Å². The lowest BCUT2D eigenvalue weighted by Gasteiger charge is -2.44. The molecular formula is C16H25NO. The molecule has 1 aromatic rings. The topological polar surface area (TPSA) is 35.2 Å². The molecule has 1 unspecified atom stereocenters. The van der Waals surface area contributed by atoms with Gasteiger partial charge in [-0.25, -0.2) is 0 Å². The van der Waals surface area contributed by atoms with E-state index >= 15 is 0 Å². The molecule has 2 heteroatoms. The Morgan fingerprint density at radius 2 is 1.78 bits per heavy atom. The first-order chi connectivity index (χ1) is 8.48. The molecule has 0 amide bonds. The molecule has 1 fully saturated rings. The summed E-state index contributed by atoms with van der Waals surface area (Å²) in [6.07, 6.45) is 1.13. The monoisotopic (exact) mass is 247 g/mol. The van der Waals surface area contributed by atoms with Crippen LogP contribution in [-0.4, -0.2) is 19.8 Å². The summed E-state index contributed by atoms with van der Waals surface area (Å²) in [5.74, 6) is 0.551. The SMILES string of the molecule is Cc1cc(C)c(C2(CC(C)CN)COC2)cc1C. The van der Waals surface area contributed by atoms with Gasteiger partial charge in [-0.2, -0.15) is 0 Å². The maximum Gasteiger partial charge on any atom is 0.0585 e. The Kier molecular flexibility index (Phi) is 3.79. The van der Waals surface area contributed by atoms with E-state index in [0.29, 0.717) is 5.92 Å². The van der Waals surface area contributed by atoms with Crippen LogP contribution >= 0.6 is 0 Å². The molecule has 1 aliphatic rings. The van der Waals surface area contributed by atoms with Crippen LogP contribution in [0.2, 0.25) is 0 Å². The van der Waals surface area contributed by atoms with Gasteiger partial charge in [0.25, 0.3) is 0 Å². The number of benzene rings is 1. The predicted molar refractivity (Wildman–Crippen MR) is 76.0 cm³/mol. The summed E-state index contributed by atoms with van der Waals surface area (Å²) in [6, 6.07) is 4.66. The molecule has 18 heavy (non-hydrogen) atoms. The molecule has 0 aliphatic carbocycles. The van der Waals surface area contributed by atoms with E-state index in [1.165, 1.54) is 22.3 Å². The van der Waals surface area contributed by atoms with E-state index in [-0.39, 0.29) is 5.41 Å². The van der Waals surface area contributed by atoms with Gasteiger partial charge in [-0.05, 0) is 61.9 Å². The Bertz CT molecular complexity index is 435. The van der Waals surface area contributed by atoms with E-state index in [4.69, 9.17) is 10.5 Å². The van der Waals surface area contributed by atoms with E-state index < -0.39 is 0 Å². The van der Waals surface area contributed by atoms with Gasteiger partial charge in [0.2, 0.25) is 0 Å². The summed E-state index contributed by atoms with van der Waals surface area (Å²) in [5, 5.41) is 0. The van der Waals surface area contributed by atoms with Crippen molar-refractivity contribution in [3.05, 3.63) is 34.4 Å². The van der Waals surface area contributed by atoms with Crippen molar-refractivity contribution >= 4 is 0 Å². The van der Waals surface area contributed by atoms with Crippen LogP contribution in [0, 0.1) is 26.7 Å². The van der Waals surface area contributed by atoms with E-state index in [1.807, 2.05) is 0 Å². The van der Waals surface area contributed by atoms with Crippen molar-refractivity contribution in [2.45, 2.75) is 39.5 Å². The van der Waals surface area contributed by atoms with Crippen LogP contribution in [0.3, 0.4) is 0 Å². The zero-order chi connectivity index (χ0) is 13.3. The van der Waals surface area contributed by atoms with Gasteiger partial charge < -0.3 is 10.5 Å². The zero-order valence-electron chi connectivity index (χ0n) is 12.0. The first-order valence-electron chi connectivity index (χ1n) is 6.84. The quantitative estimate of drug-likeness (QED) is 0.888. The first kappa shape index (κ1) is 13.6. The van der Waals surface area contributed by atoms with Gasteiger partial charge in [0.15, 0.2) is 0 Å². The van der Waals surface area contributed by atoms with Crippen LogP contribution in [0.25, 0.3) is 0 Å². The minimum Gasteiger partial charge on any atom is -0.379 e. The Morgan fingerprint density at radius 3 is 2.28 bits per heavy atom. The minimum atomic E-state index is 0.210. The van der Waals surface area contributed by atoms with Gasteiger partial charge in [0.1, 0.15) is 0 Å². The normalized spacial score (nSPS) is 19.4. The molecule has 1 aromatic carbocycles. The second-order valence-corrected chi connectivity index (χ2v) is 6.07. The molecule has 100 valence electrons. The van der Waals surface area contributed by atoms with Crippen LogP contribution < -0.4 is 5.73 Å². The first-order valence-corrected chi connectivity index (χ1v) is 6.84. The highest BCUT2D eigenvalue weighted by atomic mass is 16.5. The molecule has 0 bridgehead atoms. The molecule has 1 saturated heterocycles. The van der Waals surface area contributed by atoms with E-state index in [2.05, 4.69) is 39.8 Å². The summed E-state index contributed by atoms with van der Waals surface area (Å²) in [7, 11) is 0.